The number of hydrogen-bond acceptors (Lipinski definition) is 4. The predicted octanol–water partition coefficient (Wildman–Crippen LogP) is 5.03. The van der Waals surface area contributed by atoms with Gasteiger partial charge in [-0.1, -0.05) is 77.0 Å². The molecule has 2 unspecified atom stereocenters. The van der Waals surface area contributed by atoms with Crippen LogP contribution in [0.4, 0.5) is 0 Å². The summed E-state index contributed by atoms with van der Waals surface area (Å²) in [5.41, 5.74) is 2.31. The lowest BCUT2D eigenvalue weighted by atomic mass is 9.76. The molecule has 1 aliphatic rings. The topological polar surface area (TPSA) is 86.6 Å². The average Bonchev–Trinajstić information content (AvgIpc) is 2.76. The van der Waals surface area contributed by atoms with Crippen molar-refractivity contribution in [3.05, 3.63) is 59.3 Å². The van der Waals surface area contributed by atoms with Gasteiger partial charge in [-0.25, -0.2) is 0 Å². The molecule has 5 heteroatoms. The summed E-state index contributed by atoms with van der Waals surface area (Å²) in [6.45, 7) is 8.37. The van der Waals surface area contributed by atoms with Gasteiger partial charge < -0.3 is 15.5 Å². The van der Waals surface area contributed by atoms with Crippen LogP contribution in [-0.4, -0.2) is 28.2 Å². The third-order valence-corrected chi connectivity index (χ3v) is 6.27. The van der Waals surface area contributed by atoms with Crippen LogP contribution < -0.4 is 5.32 Å². The van der Waals surface area contributed by atoms with Crippen molar-refractivity contribution in [1.29, 1.82) is 0 Å². The highest BCUT2D eigenvalue weighted by Gasteiger charge is 2.26. The standard InChI is InChI=1S/C27H39NO4/c1-5-6-7-25(30)28-23-14-16-27(4,17-15-23)22-12-10-20(11-13-22)24(29)18-21(26(31)32)9-8-19(2)3/h10-16,19,21,26,31-32H,5-9,17-18H2,1-4H3,(H,28,30). The van der Waals surface area contributed by atoms with Crippen LogP contribution in [0.15, 0.2) is 48.2 Å². The number of carbonyl (C=O) groups is 2. The van der Waals surface area contributed by atoms with Gasteiger partial charge in [0.05, 0.1) is 0 Å². The molecule has 2 atom stereocenters. The zero-order valence-electron chi connectivity index (χ0n) is 19.9. The zero-order chi connectivity index (χ0) is 23.7. The van der Waals surface area contributed by atoms with Gasteiger partial charge in [-0.2, -0.15) is 0 Å². The van der Waals surface area contributed by atoms with E-state index in [1.54, 1.807) is 0 Å². The second-order valence-electron chi connectivity index (χ2n) is 9.62. The van der Waals surface area contributed by atoms with Gasteiger partial charge in [-0.15, -0.1) is 0 Å². The Balaban J connectivity index is 1.99. The highest BCUT2D eigenvalue weighted by molar-refractivity contribution is 5.96. The van der Waals surface area contributed by atoms with Crippen LogP contribution in [0.1, 0.15) is 88.6 Å². The number of nitrogens with one attached hydrogen (secondary N) is 1. The molecular weight excluding hydrogens is 402 g/mol. The molecule has 0 saturated carbocycles. The van der Waals surface area contributed by atoms with Gasteiger partial charge in [0.2, 0.25) is 5.91 Å². The van der Waals surface area contributed by atoms with Gasteiger partial charge in [0.1, 0.15) is 0 Å². The molecule has 2 rings (SSSR count). The van der Waals surface area contributed by atoms with Crippen molar-refractivity contribution in [2.75, 3.05) is 0 Å². The van der Waals surface area contributed by atoms with Crippen molar-refractivity contribution in [3.8, 4) is 0 Å². The molecule has 1 aromatic carbocycles. The predicted molar refractivity (Wildman–Crippen MR) is 128 cm³/mol. The van der Waals surface area contributed by atoms with Crippen LogP contribution in [0.3, 0.4) is 0 Å². The Bertz CT molecular complexity index is 823. The second-order valence-corrected chi connectivity index (χ2v) is 9.62. The molecule has 176 valence electrons. The first-order chi connectivity index (χ1) is 15.1. The Labute approximate surface area is 192 Å². The van der Waals surface area contributed by atoms with E-state index < -0.39 is 12.2 Å². The number of aliphatic hydroxyl groups excluding tert-OH is 1. The number of hydrogen-bond donors (Lipinski definition) is 3. The van der Waals surface area contributed by atoms with E-state index in [4.69, 9.17) is 0 Å². The minimum atomic E-state index is -1.48. The number of rotatable bonds is 12. The summed E-state index contributed by atoms with van der Waals surface area (Å²) >= 11 is 0. The normalized spacial score (nSPS) is 19.2. The molecule has 1 aromatic rings. The van der Waals surface area contributed by atoms with Crippen molar-refractivity contribution in [1.82, 2.24) is 5.32 Å². The molecule has 32 heavy (non-hydrogen) atoms. The lowest BCUT2D eigenvalue weighted by Gasteiger charge is -2.29. The molecule has 0 bridgehead atoms. The van der Waals surface area contributed by atoms with Gasteiger partial charge in [0, 0.05) is 35.4 Å². The molecule has 0 aliphatic heterocycles. The molecule has 5 nitrogen and oxygen atoms in total. The van der Waals surface area contributed by atoms with E-state index in [0.29, 0.717) is 24.3 Å². The molecule has 1 aliphatic carbocycles. The highest BCUT2D eigenvalue weighted by atomic mass is 16.5. The van der Waals surface area contributed by atoms with Crippen LogP contribution in [0.2, 0.25) is 0 Å². The van der Waals surface area contributed by atoms with Crippen molar-refractivity contribution >= 4 is 11.7 Å². The Morgan fingerprint density at radius 3 is 2.34 bits per heavy atom. The fraction of sp³-hybridized carbons (Fsp3) is 0.556. The van der Waals surface area contributed by atoms with E-state index in [1.165, 1.54) is 0 Å². The molecule has 3 N–H and O–H groups in total. The lowest BCUT2D eigenvalue weighted by molar-refractivity contribution is -0.120. The maximum atomic E-state index is 12.7. The SMILES string of the molecule is CCCCC(=O)NC1=CCC(C)(c2ccc(C(=O)CC(CCC(C)C)C(O)O)cc2)C=C1. The fourth-order valence-corrected chi connectivity index (χ4v) is 3.90. The van der Waals surface area contributed by atoms with Crippen LogP contribution in [0.25, 0.3) is 0 Å². The first kappa shape index (κ1) is 26.0. The number of carbonyl (C=O) groups excluding carboxylic acids is 2. The second kappa shape index (κ2) is 12.1. The van der Waals surface area contributed by atoms with E-state index in [9.17, 15) is 19.8 Å². The highest BCUT2D eigenvalue weighted by Crippen LogP contribution is 2.33. The lowest BCUT2D eigenvalue weighted by Crippen LogP contribution is -2.26. The average molecular weight is 442 g/mol. The number of amides is 1. The number of ketones is 1. The molecule has 1 amide bonds. The zero-order valence-corrected chi connectivity index (χ0v) is 19.9. The molecular formula is C27H39NO4. The number of aliphatic hydroxyl groups is 2. The summed E-state index contributed by atoms with van der Waals surface area (Å²) in [5, 5.41) is 22.3. The fourth-order valence-electron chi connectivity index (χ4n) is 3.90. The summed E-state index contributed by atoms with van der Waals surface area (Å²) in [7, 11) is 0. The summed E-state index contributed by atoms with van der Waals surface area (Å²) < 4.78 is 0. The maximum Gasteiger partial charge on any atom is 0.224 e. The molecule has 0 fully saturated rings. The number of benzene rings is 1. The summed E-state index contributed by atoms with van der Waals surface area (Å²) in [6, 6.07) is 7.58. The van der Waals surface area contributed by atoms with Crippen molar-refractivity contribution in [2.45, 2.75) is 84.3 Å². The van der Waals surface area contributed by atoms with Crippen molar-refractivity contribution in [3.63, 3.8) is 0 Å². The maximum absolute atomic E-state index is 12.7. The van der Waals surface area contributed by atoms with Crippen molar-refractivity contribution in [2.24, 2.45) is 11.8 Å². The summed E-state index contributed by atoms with van der Waals surface area (Å²) in [4.78, 5) is 24.7. The van der Waals surface area contributed by atoms with Crippen LogP contribution in [0, 0.1) is 11.8 Å². The molecule has 0 saturated heterocycles. The summed E-state index contributed by atoms with van der Waals surface area (Å²) in [5.74, 6) is -0.0118. The third-order valence-electron chi connectivity index (χ3n) is 6.27. The summed E-state index contributed by atoms with van der Waals surface area (Å²) in [6.07, 6.45) is 9.41. The minimum absolute atomic E-state index is 0.0499. The first-order valence-electron chi connectivity index (χ1n) is 11.8. The van der Waals surface area contributed by atoms with Gasteiger partial charge in [-0.05, 0) is 36.8 Å². The van der Waals surface area contributed by atoms with E-state index in [2.05, 4.69) is 39.1 Å². The Hall–Kier alpha value is -2.24. The molecule has 0 aromatic heterocycles. The quantitative estimate of drug-likeness (QED) is 0.314. The number of Topliss-reactive ketones (excluding diaryl/α,β-unsaturated/α-hetero) is 1. The minimum Gasteiger partial charge on any atom is -0.368 e. The first-order valence-corrected chi connectivity index (χ1v) is 11.8. The third kappa shape index (κ3) is 7.72. The van der Waals surface area contributed by atoms with Crippen LogP contribution >= 0.6 is 0 Å². The van der Waals surface area contributed by atoms with Gasteiger partial charge in [0.15, 0.2) is 12.1 Å². The smallest absolute Gasteiger partial charge is 0.224 e. The largest absolute Gasteiger partial charge is 0.368 e. The van der Waals surface area contributed by atoms with Crippen molar-refractivity contribution < 1.29 is 19.8 Å². The van der Waals surface area contributed by atoms with Crippen LogP contribution in [-0.2, 0) is 10.2 Å². The monoisotopic (exact) mass is 441 g/mol. The van der Waals surface area contributed by atoms with Gasteiger partial charge in [0.25, 0.3) is 0 Å². The van der Waals surface area contributed by atoms with Crippen LogP contribution in [0.5, 0.6) is 0 Å². The molecule has 0 spiro atoms. The Kier molecular flexibility index (Phi) is 9.85. The van der Waals surface area contributed by atoms with Gasteiger partial charge >= 0.3 is 0 Å². The molecule has 0 radical (unpaired) electrons. The number of allylic oxidation sites excluding steroid dienone is 3. The van der Waals surface area contributed by atoms with E-state index in [-0.39, 0.29) is 23.5 Å². The Morgan fingerprint density at radius 1 is 1.12 bits per heavy atom. The van der Waals surface area contributed by atoms with E-state index in [0.717, 1.165) is 36.9 Å². The van der Waals surface area contributed by atoms with Gasteiger partial charge in [-0.3, -0.25) is 9.59 Å². The number of unbranched alkanes of at least 4 members (excludes halogenated alkanes) is 1. The van der Waals surface area contributed by atoms with E-state index in [1.807, 2.05) is 36.4 Å². The molecule has 0 heterocycles. The van der Waals surface area contributed by atoms with E-state index >= 15 is 0 Å². The Morgan fingerprint density at radius 2 is 1.81 bits per heavy atom.